The monoisotopic (exact) mass is 235 g/mol. The van der Waals surface area contributed by atoms with Crippen LogP contribution in [0.4, 0.5) is 5.69 Å². The summed E-state index contributed by atoms with van der Waals surface area (Å²) < 4.78 is 0. The highest BCUT2D eigenvalue weighted by Gasteiger charge is 2.22. The summed E-state index contributed by atoms with van der Waals surface area (Å²) in [6.07, 6.45) is 0. The van der Waals surface area contributed by atoms with E-state index in [1.54, 1.807) is 0 Å². The number of hydrogen-bond acceptors (Lipinski definition) is 1. The first-order valence-corrected chi connectivity index (χ1v) is 9.50. The predicted molar refractivity (Wildman–Crippen MR) is 72.6 cm³/mol. The van der Waals surface area contributed by atoms with Crippen LogP contribution in [0, 0.1) is 0 Å². The molecule has 0 saturated heterocycles. The highest BCUT2D eigenvalue weighted by Crippen LogP contribution is 2.17. The number of anilines is 1. The SMILES string of the molecule is CCN(C(=O)C[Si](C)(C)C)c1ccccc1. The van der Waals surface area contributed by atoms with Crippen LogP contribution < -0.4 is 4.90 Å². The topological polar surface area (TPSA) is 20.3 Å². The lowest BCUT2D eigenvalue weighted by atomic mass is 10.3. The van der Waals surface area contributed by atoms with E-state index in [-0.39, 0.29) is 5.91 Å². The van der Waals surface area contributed by atoms with Crippen LogP contribution >= 0.6 is 0 Å². The fourth-order valence-electron chi connectivity index (χ4n) is 1.66. The van der Waals surface area contributed by atoms with E-state index < -0.39 is 8.07 Å². The fraction of sp³-hybridized carbons (Fsp3) is 0.462. The quantitative estimate of drug-likeness (QED) is 0.733. The van der Waals surface area contributed by atoms with E-state index in [4.69, 9.17) is 0 Å². The van der Waals surface area contributed by atoms with E-state index in [2.05, 4.69) is 19.6 Å². The first kappa shape index (κ1) is 13.0. The molecule has 1 aromatic carbocycles. The molecule has 0 N–H and O–H groups in total. The Kier molecular flexibility index (Phi) is 4.30. The van der Waals surface area contributed by atoms with Crippen LogP contribution in [-0.2, 0) is 4.79 Å². The molecule has 0 heterocycles. The van der Waals surface area contributed by atoms with Crippen molar-refractivity contribution in [3.8, 4) is 0 Å². The smallest absolute Gasteiger partial charge is 0.224 e. The van der Waals surface area contributed by atoms with Crippen molar-refractivity contribution < 1.29 is 4.79 Å². The summed E-state index contributed by atoms with van der Waals surface area (Å²) in [5.41, 5.74) is 1.01. The molecule has 0 bridgehead atoms. The second kappa shape index (κ2) is 5.30. The van der Waals surface area contributed by atoms with Crippen LogP contribution in [0.25, 0.3) is 0 Å². The van der Waals surface area contributed by atoms with Gasteiger partial charge in [0.15, 0.2) is 0 Å². The molecule has 0 radical (unpaired) electrons. The van der Waals surface area contributed by atoms with Gasteiger partial charge in [0, 0.05) is 18.3 Å². The molecule has 1 rings (SSSR count). The summed E-state index contributed by atoms with van der Waals surface area (Å²) >= 11 is 0. The van der Waals surface area contributed by atoms with Gasteiger partial charge < -0.3 is 4.90 Å². The molecule has 0 aliphatic rings. The van der Waals surface area contributed by atoms with E-state index in [1.807, 2.05) is 42.2 Å². The van der Waals surface area contributed by atoms with Crippen molar-refractivity contribution in [3.63, 3.8) is 0 Å². The van der Waals surface area contributed by atoms with Crippen molar-refractivity contribution in [2.45, 2.75) is 32.6 Å². The molecular formula is C13H21NOSi. The van der Waals surface area contributed by atoms with Crippen LogP contribution in [0.1, 0.15) is 6.92 Å². The molecule has 0 spiro atoms. The summed E-state index contributed by atoms with van der Waals surface area (Å²) in [5, 5.41) is 0. The molecule has 0 fully saturated rings. The second-order valence-electron chi connectivity index (χ2n) is 5.21. The normalized spacial score (nSPS) is 11.2. The summed E-state index contributed by atoms with van der Waals surface area (Å²) in [5.74, 6) is 0.257. The minimum Gasteiger partial charge on any atom is -0.313 e. The number of para-hydroxylation sites is 1. The van der Waals surface area contributed by atoms with Crippen LogP contribution in [-0.4, -0.2) is 20.5 Å². The van der Waals surface area contributed by atoms with Gasteiger partial charge in [0.1, 0.15) is 0 Å². The van der Waals surface area contributed by atoms with Crippen LogP contribution in [0.2, 0.25) is 25.7 Å². The van der Waals surface area contributed by atoms with Crippen LogP contribution in [0.15, 0.2) is 30.3 Å². The van der Waals surface area contributed by atoms with Crippen molar-refractivity contribution in [3.05, 3.63) is 30.3 Å². The molecule has 0 aliphatic heterocycles. The second-order valence-corrected chi connectivity index (χ2v) is 10.7. The molecule has 0 unspecified atom stereocenters. The van der Waals surface area contributed by atoms with Gasteiger partial charge in [0.25, 0.3) is 0 Å². The largest absolute Gasteiger partial charge is 0.313 e. The van der Waals surface area contributed by atoms with Gasteiger partial charge in [0.05, 0.1) is 8.07 Å². The molecule has 16 heavy (non-hydrogen) atoms. The number of carbonyl (C=O) groups is 1. The van der Waals surface area contributed by atoms with Crippen molar-refractivity contribution >= 4 is 19.7 Å². The highest BCUT2D eigenvalue weighted by atomic mass is 28.3. The van der Waals surface area contributed by atoms with E-state index in [0.29, 0.717) is 0 Å². The van der Waals surface area contributed by atoms with Gasteiger partial charge in [-0.15, -0.1) is 0 Å². The maximum atomic E-state index is 12.2. The number of rotatable bonds is 4. The number of carbonyl (C=O) groups excluding carboxylic acids is 1. The molecule has 0 atom stereocenters. The summed E-state index contributed by atoms with van der Waals surface area (Å²) in [6.45, 7) is 9.44. The zero-order chi connectivity index (χ0) is 12.2. The average Bonchev–Trinajstić information content (AvgIpc) is 2.17. The Morgan fingerprint density at radius 2 is 1.75 bits per heavy atom. The van der Waals surface area contributed by atoms with Gasteiger partial charge >= 0.3 is 0 Å². The van der Waals surface area contributed by atoms with E-state index in [9.17, 15) is 4.79 Å². The first-order chi connectivity index (χ1) is 7.44. The lowest BCUT2D eigenvalue weighted by Crippen LogP contribution is -2.36. The van der Waals surface area contributed by atoms with Gasteiger partial charge in [-0.1, -0.05) is 37.8 Å². The third-order valence-corrected chi connectivity index (χ3v) is 3.73. The molecule has 0 saturated carbocycles. The Hall–Kier alpha value is -1.09. The average molecular weight is 235 g/mol. The number of hydrogen-bond donors (Lipinski definition) is 0. The third-order valence-electron chi connectivity index (χ3n) is 2.37. The summed E-state index contributed by atoms with van der Waals surface area (Å²) in [7, 11) is -1.32. The van der Waals surface area contributed by atoms with Crippen molar-refractivity contribution in [1.82, 2.24) is 0 Å². The van der Waals surface area contributed by atoms with Crippen LogP contribution in [0.3, 0.4) is 0 Å². The molecule has 0 aliphatic carbocycles. The standard InChI is InChI=1S/C13H21NOSi/c1-5-14(12-9-7-6-8-10-12)13(15)11-16(2,3)4/h6-10H,5,11H2,1-4H3. The Morgan fingerprint density at radius 1 is 1.19 bits per heavy atom. The van der Waals surface area contributed by atoms with Crippen LogP contribution in [0.5, 0.6) is 0 Å². The summed E-state index contributed by atoms with van der Waals surface area (Å²) in [4.78, 5) is 14.0. The highest BCUT2D eigenvalue weighted by molar-refractivity contribution is 6.79. The molecule has 2 nitrogen and oxygen atoms in total. The van der Waals surface area contributed by atoms with Crippen molar-refractivity contribution in [2.24, 2.45) is 0 Å². The minimum atomic E-state index is -1.32. The number of nitrogens with zero attached hydrogens (tertiary/aromatic N) is 1. The third kappa shape index (κ3) is 3.81. The zero-order valence-corrected chi connectivity index (χ0v) is 11.7. The molecular weight excluding hydrogens is 214 g/mol. The Morgan fingerprint density at radius 3 is 2.19 bits per heavy atom. The van der Waals surface area contributed by atoms with E-state index in [0.717, 1.165) is 18.3 Å². The lowest BCUT2D eigenvalue weighted by Gasteiger charge is -2.24. The fourth-order valence-corrected chi connectivity index (χ4v) is 2.76. The molecule has 1 amide bonds. The lowest BCUT2D eigenvalue weighted by molar-refractivity contribution is -0.116. The molecule has 3 heteroatoms. The van der Waals surface area contributed by atoms with Gasteiger partial charge in [-0.3, -0.25) is 4.79 Å². The van der Waals surface area contributed by atoms with Gasteiger partial charge in [-0.05, 0) is 19.1 Å². The molecule has 1 aromatic rings. The van der Waals surface area contributed by atoms with E-state index >= 15 is 0 Å². The maximum absolute atomic E-state index is 12.2. The number of amides is 1. The molecule has 88 valence electrons. The van der Waals surface area contributed by atoms with Gasteiger partial charge in [-0.2, -0.15) is 0 Å². The Labute approximate surface area is 99.3 Å². The Bertz CT molecular complexity index is 343. The molecule has 0 aromatic heterocycles. The van der Waals surface area contributed by atoms with Crippen molar-refractivity contribution in [2.75, 3.05) is 11.4 Å². The minimum absolute atomic E-state index is 0.257. The van der Waals surface area contributed by atoms with Crippen molar-refractivity contribution in [1.29, 1.82) is 0 Å². The zero-order valence-electron chi connectivity index (χ0n) is 10.7. The Balaban J connectivity index is 2.80. The van der Waals surface area contributed by atoms with Gasteiger partial charge in [-0.25, -0.2) is 0 Å². The summed E-state index contributed by atoms with van der Waals surface area (Å²) in [6, 6.07) is 10.6. The number of benzene rings is 1. The van der Waals surface area contributed by atoms with Gasteiger partial charge in [0.2, 0.25) is 5.91 Å². The van der Waals surface area contributed by atoms with E-state index in [1.165, 1.54) is 0 Å². The first-order valence-electron chi connectivity index (χ1n) is 5.79. The maximum Gasteiger partial charge on any atom is 0.224 e. The predicted octanol–water partition coefficient (Wildman–Crippen LogP) is 3.38.